The quantitative estimate of drug-likeness (QED) is 0.264. The lowest BCUT2D eigenvalue weighted by Crippen LogP contribution is -2.54. The number of aliphatic hydroxyl groups excluding tert-OH is 4. The summed E-state index contributed by atoms with van der Waals surface area (Å²) in [4.78, 5) is 12.8. The maximum atomic E-state index is 12.8. The van der Waals surface area contributed by atoms with E-state index >= 15 is 0 Å². The SMILES string of the molecule is O=c1c(O)c(-c2ccc(O)cc2)oc2cc(O)c([C@@H]3[C@@H](O)[C@H](O)[C@@H](CO)O[C@H]3O)c(O)c12. The van der Waals surface area contributed by atoms with Crippen molar-refractivity contribution in [3.63, 3.8) is 0 Å². The van der Waals surface area contributed by atoms with Gasteiger partial charge in [0.25, 0.3) is 0 Å². The highest BCUT2D eigenvalue weighted by atomic mass is 16.6. The fourth-order valence-electron chi connectivity index (χ4n) is 3.87. The van der Waals surface area contributed by atoms with Gasteiger partial charge in [-0.2, -0.15) is 0 Å². The Labute approximate surface area is 179 Å². The average Bonchev–Trinajstić information content (AvgIpc) is 2.75. The van der Waals surface area contributed by atoms with Crippen molar-refractivity contribution in [3.05, 3.63) is 46.1 Å². The van der Waals surface area contributed by atoms with Crippen LogP contribution in [-0.2, 0) is 4.74 Å². The van der Waals surface area contributed by atoms with Gasteiger partial charge in [-0.15, -0.1) is 0 Å². The van der Waals surface area contributed by atoms with E-state index in [4.69, 9.17) is 9.15 Å². The van der Waals surface area contributed by atoms with Crippen LogP contribution < -0.4 is 5.43 Å². The molecule has 0 amide bonds. The highest BCUT2D eigenvalue weighted by Crippen LogP contribution is 2.46. The predicted molar refractivity (Wildman–Crippen MR) is 107 cm³/mol. The minimum Gasteiger partial charge on any atom is -0.508 e. The topological polar surface area (TPSA) is 201 Å². The van der Waals surface area contributed by atoms with E-state index in [9.17, 15) is 45.6 Å². The molecule has 1 aliphatic heterocycles. The highest BCUT2D eigenvalue weighted by Gasteiger charge is 2.46. The summed E-state index contributed by atoms with van der Waals surface area (Å²) in [7, 11) is 0. The molecule has 2 aromatic carbocycles. The van der Waals surface area contributed by atoms with Crippen molar-refractivity contribution in [1.82, 2.24) is 0 Å². The number of aliphatic hydroxyl groups is 4. The lowest BCUT2D eigenvalue weighted by atomic mass is 9.83. The molecule has 0 saturated carbocycles. The summed E-state index contributed by atoms with van der Waals surface area (Å²) >= 11 is 0. The average molecular weight is 448 g/mol. The Morgan fingerprint density at radius 3 is 2.19 bits per heavy atom. The molecule has 1 fully saturated rings. The standard InChI is InChI=1S/C21H20O11/c22-6-11-15(25)18(28)14(21(30)32-11)12-9(24)5-10-13(16(12)26)17(27)19(29)20(31-10)7-1-3-8(23)4-2-7/h1-5,11,14-15,18,21-26,28-30H,6H2/t11-,14-,15-,18-,21-/m1/s1. The fourth-order valence-corrected chi connectivity index (χ4v) is 3.87. The van der Waals surface area contributed by atoms with Crippen molar-refractivity contribution in [1.29, 1.82) is 0 Å². The Bertz CT molecular complexity index is 1220. The Morgan fingerprint density at radius 2 is 1.56 bits per heavy atom. The molecule has 32 heavy (non-hydrogen) atoms. The molecule has 1 aromatic heterocycles. The van der Waals surface area contributed by atoms with E-state index in [2.05, 4.69) is 0 Å². The number of benzene rings is 2. The van der Waals surface area contributed by atoms with Crippen molar-refractivity contribution in [3.8, 4) is 34.3 Å². The molecule has 8 N–H and O–H groups in total. The van der Waals surface area contributed by atoms with Gasteiger partial charge in [0.15, 0.2) is 12.1 Å². The van der Waals surface area contributed by atoms with Gasteiger partial charge in [0.2, 0.25) is 11.2 Å². The van der Waals surface area contributed by atoms with E-state index in [-0.39, 0.29) is 22.7 Å². The molecule has 0 unspecified atom stereocenters. The van der Waals surface area contributed by atoms with Crippen LogP contribution in [0.1, 0.15) is 11.5 Å². The van der Waals surface area contributed by atoms with E-state index in [0.717, 1.165) is 6.07 Å². The molecule has 1 saturated heterocycles. The van der Waals surface area contributed by atoms with Gasteiger partial charge in [-0.05, 0) is 24.3 Å². The monoisotopic (exact) mass is 448 g/mol. The summed E-state index contributed by atoms with van der Waals surface area (Å²) in [6.07, 6.45) is -6.65. The van der Waals surface area contributed by atoms with Gasteiger partial charge in [0.1, 0.15) is 40.4 Å². The van der Waals surface area contributed by atoms with Crippen LogP contribution in [0.3, 0.4) is 0 Å². The van der Waals surface area contributed by atoms with E-state index < -0.39 is 70.8 Å². The molecule has 2 heterocycles. The number of hydrogen-bond acceptors (Lipinski definition) is 11. The number of aromatic hydroxyl groups is 4. The van der Waals surface area contributed by atoms with Gasteiger partial charge in [-0.1, -0.05) is 0 Å². The molecule has 3 aromatic rings. The molecule has 0 bridgehead atoms. The first kappa shape index (κ1) is 21.9. The van der Waals surface area contributed by atoms with Gasteiger partial charge in [0, 0.05) is 17.2 Å². The first-order chi connectivity index (χ1) is 15.1. The number of phenols is 3. The normalized spacial score (nSPS) is 25.8. The Balaban J connectivity index is 1.91. The maximum Gasteiger partial charge on any atom is 0.238 e. The van der Waals surface area contributed by atoms with Crippen molar-refractivity contribution in [2.45, 2.75) is 30.5 Å². The lowest BCUT2D eigenvalue weighted by molar-refractivity contribution is -0.251. The zero-order chi connectivity index (χ0) is 23.3. The highest BCUT2D eigenvalue weighted by molar-refractivity contribution is 5.90. The van der Waals surface area contributed by atoms with Crippen LogP contribution in [0.5, 0.6) is 23.0 Å². The van der Waals surface area contributed by atoms with Crippen molar-refractivity contribution < 1.29 is 50.0 Å². The first-order valence-corrected chi connectivity index (χ1v) is 9.50. The number of fused-ring (bicyclic) bond motifs is 1. The molecule has 0 radical (unpaired) electrons. The van der Waals surface area contributed by atoms with Crippen LogP contribution in [0.4, 0.5) is 0 Å². The lowest BCUT2D eigenvalue weighted by Gasteiger charge is -2.40. The summed E-state index contributed by atoms with van der Waals surface area (Å²) in [5, 5.41) is 80.6. The summed E-state index contributed by atoms with van der Waals surface area (Å²) in [6.45, 7) is -0.713. The van der Waals surface area contributed by atoms with E-state index in [1.165, 1.54) is 24.3 Å². The second kappa shape index (κ2) is 7.97. The maximum absolute atomic E-state index is 12.8. The third kappa shape index (κ3) is 3.32. The Kier molecular flexibility index (Phi) is 5.44. The van der Waals surface area contributed by atoms with E-state index in [1.807, 2.05) is 0 Å². The Morgan fingerprint density at radius 1 is 0.906 bits per heavy atom. The number of ether oxygens (including phenoxy) is 1. The largest absolute Gasteiger partial charge is 0.508 e. The number of hydrogen-bond donors (Lipinski definition) is 8. The molecule has 11 heteroatoms. The van der Waals surface area contributed by atoms with Crippen LogP contribution in [-0.4, -0.2) is 72.1 Å². The van der Waals surface area contributed by atoms with Crippen molar-refractivity contribution >= 4 is 11.0 Å². The van der Waals surface area contributed by atoms with Crippen molar-refractivity contribution in [2.24, 2.45) is 0 Å². The van der Waals surface area contributed by atoms with E-state index in [0.29, 0.717) is 0 Å². The van der Waals surface area contributed by atoms with Crippen LogP contribution in [0.15, 0.2) is 39.5 Å². The molecule has 170 valence electrons. The summed E-state index contributed by atoms with van der Waals surface area (Å²) in [6, 6.07) is 6.29. The van der Waals surface area contributed by atoms with Gasteiger partial charge in [0.05, 0.1) is 18.6 Å². The Hall–Kier alpha value is -3.35. The summed E-state index contributed by atoms with van der Waals surface area (Å²) in [5.74, 6) is -4.40. The van der Waals surface area contributed by atoms with Gasteiger partial charge >= 0.3 is 0 Å². The fraction of sp³-hybridized carbons (Fsp3) is 0.286. The number of phenolic OH excluding ortho intramolecular Hbond substituents is 3. The zero-order valence-electron chi connectivity index (χ0n) is 16.3. The van der Waals surface area contributed by atoms with Gasteiger partial charge in [-0.25, -0.2) is 0 Å². The second-order valence-corrected chi connectivity index (χ2v) is 7.44. The van der Waals surface area contributed by atoms with E-state index in [1.54, 1.807) is 0 Å². The van der Waals surface area contributed by atoms with Crippen LogP contribution in [0.25, 0.3) is 22.3 Å². The number of rotatable bonds is 3. The minimum atomic E-state index is -1.86. The summed E-state index contributed by atoms with van der Waals surface area (Å²) < 4.78 is 10.6. The zero-order valence-corrected chi connectivity index (χ0v) is 16.3. The third-order valence-corrected chi connectivity index (χ3v) is 5.51. The third-order valence-electron chi connectivity index (χ3n) is 5.51. The summed E-state index contributed by atoms with van der Waals surface area (Å²) in [5.41, 5.74) is -1.67. The predicted octanol–water partition coefficient (Wildman–Crippen LogP) is -0.203. The molecule has 5 atom stereocenters. The van der Waals surface area contributed by atoms with Crippen LogP contribution in [0, 0.1) is 0 Å². The molecular formula is C21H20O11. The van der Waals surface area contributed by atoms with Crippen LogP contribution >= 0.6 is 0 Å². The molecule has 0 spiro atoms. The molecule has 11 nitrogen and oxygen atoms in total. The van der Waals surface area contributed by atoms with Gasteiger partial charge < -0.3 is 50.0 Å². The second-order valence-electron chi connectivity index (χ2n) is 7.44. The first-order valence-electron chi connectivity index (χ1n) is 9.50. The molecule has 1 aliphatic rings. The van der Waals surface area contributed by atoms with Crippen molar-refractivity contribution in [2.75, 3.05) is 6.61 Å². The smallest absolute Gasteiger partial charge is 0.238 e. The minimum absolute atomic E-state index is 0.0613. The molecule has 4 rings (SSSR count). The molecule has 0 aliphatic carbocycles. The molecular weight excluding hydrogens is 428 g/mol. The van der Waals surface area contributed by atoms with Crippen LogP contribution in [0.2, 0.25) is 0 Å². The van der Waals surface area contributed by atoms with Gasteiger partial charge in [-0.3, -0.25) is 4.79 Å².